The molecular weight excluding hydrogens is 250 g/mol. The molecule has 18 heavy (non-hydrogen) atoms. The Bertz CT molecular complexity index is 459. The van der Waals surface area contributed by atoms with E-state index in [2.05, 4.69) is 6.08 Å². The number of carbonyl (C=O) groups excluding carboxylic acids is 1. The summed E-state index contributed by atoms with van der Waals surface area (Å²) in [4.78, 5) is 13.7. The van der Waals surface area contributed by atoms with Gasteiger partial charge in [0.05, 0.1) is 13.2 Å². The lowest BCUT2D eigenvalue weighted by atomic mass is 9.98. The Morgan fingerprint density at radius 2 is 2.22 bits per heavy atom. The van der Waals surface area contributed by atoms with E-state index >= 15 is 0 Å². The number of hydrogen-bond donors (Lipinski definition) is 0. The van der Waals surface area contributed by atoms with Crippen molar-refractivity contribution < 1.29 is 9.53 Å². The molecule has 1 amide bonds. The Hall–Kier alpha value is -1.48. The van der Waals surface area contributed by atoms with E-state index in [1.807, 2.05) is 30.3 Å². The van der Waals surface area contributed by atoms with Crippen molar-refractivity contribution in [2.24, 2.45) is 0 Å². The molecule has 0 N–H and O–H groups in total. The van der Waals surface area contributed by atoms with Crippen LogP contribution in [0.15, 0.2) is 36.4 Å². The van der Waals surface area contributed by atoms with Gasteiger partial charge in [0.25, 0.3) is 0 Å². The van der Waals surface area contributed by atoms with Crippen molar-refractivity contribution in [3.63, 3.8) is 0 Å². The predicted octanol–water partition coefficient (Wildman–Crippen LogP) is 2.76. The van der Waals surface area contributed by atoms with Crippen molar-refractivity contribution in [2.75, 3.05) is 19.5 Å². The number of amides is 1. The molecule has 0 radical (unpaired) electrons. The van der Waals surface area contributed by atoms with Crippen LogP contribution in [0.5, 0.6) is 5.75 Å². The van der Waals surface area contributed by atoms with Crippen molar-refractivity contribution in [3.05, 3.63) is 42.0 Å². The minimum atomic E-state index is -0.0445. The second kappa shape index (κ2) is 5.91. The maximum absolute atomic E-state index is 11.9. The van der Waals surface area contributed by atoms with Gasteiger partial charge in [-0.2, -0.15) is 0 Å². The first-order valence-corrected chi connectivity index (χ1v) is 6.44. The first-order chi connectivity index (χ1) is 8.77. The van der Waals surface area contributed by atoms with Crippen molar-refractivity contribution >= 4 is 17.5 Å². The predicted molar refractivity (Wildman–Crippen MR) is 71.9 cm³/mol. The molecule has 1 aliphatic rings. The van der Waals surface area contributed by atoms with Gasteiger partial charge in [0.1, 0.15) is 11.6 Å². The molecular formula is C14H16ClNO2. The van der Waals surface area contributed by atoms with Gasteiger partial charge in [-0.3, -0.25) is 4.79 Å². The van der Waals surface area contributed by atoms with Crippen molar-refractivity contribution in [1.29, 1.82) is 0 Å². The van der Waals surface area contributed by atoms with Crippen LogP contribution in [0.4, 0.5) is 0 Å². The number of nitrogens with zero attached hydrogens (tertiary/aromatic N) is 1. The Morgan fingerprint density at radius 1 is 1.44 bits per heavy atom. The van der Waals surface area contributed by atoms with Gasteiger partial charge < -0.3 is 9.64 Å². The van der Waals surface area contributed by atoms with Crippen LogP contribution in [0, 0.1) is 0 Å². The quantitative estimate of drug-likeness (QED) is 0.621. The number of alkyl halides is 1. The molecule has 0 saturated heterocycles. The number of methoxy groups -OCH3 is 1. The van der Waals surface area contributed by atoms with Gasteiger partial charge in [-0.05, 0) is 12.5 Å². The first kappa shape index (κ1) is 13.0. The molecule has 4 heteroatoms. The highest BCUT2D eigenvalue weighted by Gasteiger charge is 2.27. The molecule has 0 aliphatic carbocycles. The molecule has 0 bridgehead atoms. The summed E-state index contributed by atoms with van der Waals surface area (Å²) in [6, 6.07) is 7.81. The lowest BCUT2D eigenvalue weighted by Crippen LogP contribution is -2.37. The summed E-state index contributed by atoms with van der Waals surface area (Å²) in [6.07, 6.45) is 4.88. The minimum Gasteiger partial charge on any atom is -0.496 e. The standard InChI is InChI=1S/C14H16ClNO2/c1-18-13-8-3-2-6-11(13)12-7-4-5-9-16(12)14(17)10-15/h2-6,8,12H,7,9-10H2,1H3. The fraction of sp³-hybridized carbons (Fsp3) is 0.357. The Labute approximate surface area is 112 Å². The zero-order valence-corrected chi connectivity index (χ0v) is 11.1. The summed E-state index contributed by atoms with van der Waals surface area (Å²) in [5.41, 5.74) is 1.03. The van der Waals surface area contributed by atoms with Gasteiger partial charge in [0.2, 0.25) is 5.91 Å². The zero-order valence-electron chi connectivity index (χ0n) is 10.3. The van der Waals surface area contributed by atoms with Crippen LogP contribution in [-0.4, -0.2) is 30.3 Å². The molecule has 1 atom stereocenters. The highest BCUT2D eigenvalue weighted by molar-refractivity contribution is 6.27. The van der Waals surface area contributed by atoms with E-state index in [1.54, 1.807) is 12.0 Å². The number of halogens is 1. The first-order valence-electron chi connectivity index (χ1n) is 5.91. The molecule has 0 saturated carbocycles. The van der Waals surface area contributed by atoms with Crippen LogP contribution in [0.2, 0.25) is 0 Å². The molecule has 1 heterocycles. The third kappa shape index (κ3) is 2.51. The fourth-order valence-corrected chi connectivity index (χ4v) is 2.41. The maximum atomic E-state index is 11.9. The van der Waals surface area contributed by atoms with E-state index in [9.17, 15) is 4.79 Å². The Kier molecular flexibility index (Phi) is 4.26. The molecule has 1 aliphatic heterocycles. The van der Waals surface area contributed by atoms with Crippen LogP contribution in [0.25, 0.3) is 0 Å². The molecule has 1 aromatic carbocycles. The minimum absolute atomic E-state index is 0.0115. The number of para-hydroxylation sites is 1. The second-order valence-corrected chi connectivity index (χ2v) is 4.41. The maximum Gasteiger partial charge on any atom is 0.238 e. The number of carbonyl (C=O) groups is 1. The van der Waals surface area contributed by atoms with Crippen LogP contribution >= 0.6 is 11.6 Å². The summed E-state index contributed by atoms with van der Waals surface area (Å²) >= 11 is 5.67. The van der Waals surface area contributed by atoms with Gasteiger partial charge in [-0.25, -0.2) is 0 Å². The van der Waals surface area contributed by atoms with Gasteiger partial charge in [0, 0.05) is 12.1 Å². The summed E-state index contributed by atoms with van der Waals surface area (Å²) in [6.45, 7) is 0.605. The summed E-state index contributed by atoms with van der Waals surface area (Å²) in [5.74, 6) is 0.779. The summed E-state index contributed by atoms with van der Waals surface area (Å²) < 4.78 is 5.37. The highest BCUT2D eigenvalue weighted by Crippen LogP contribution is 2.33. The number of benzene rings is 1. The van der Waals surface area contributed by atoms with Crippen molar-refractivity contribution in [2.45, 2.75) is 12.5 Å². The zero-order chi connectivity index (χ0) is 13.0. The van der Waals surface area contributed by atoms with Gasteiger partial charge in [0.15, 0.2) is 0 Å². The molecule has 3 nitrogen and oxygen atoms in total. The van der Waals surface area contributed by atoms with Crippen LogP contribution in [-0.2, 0) is 4.79 Å². The van der Waals surface area contributed by atoms with Gasteiger partial charge in [-0.1, -0.05) is 30.4 Å². The van der Waals surface area contributed by atoms with E-state index in [1.165, 1.54) is 0 Å². The van der Waals surface area contributed by atoms with E-state index in [-0.39, 0.29) is 17.8 Å². The lowest BCUT2D eigenvalue weighted by molar-refractivity contribution is -0.130. The molecule has 96 valence electrons. The summed E-state index contributed by atoms with van der Waals surface area (Å²) in [5, 5.41) is 0. The topological polar surface area (TPSA) is 29.5 Å². The molecule has 0 fully saturated rings. The van der Waals surface area contributed by atoms with E-state index < -0.39 is 0 Å². The molecule has 0 spiro atoms. The smallest absolute Gasteiger partial charge is 0.238 e. The lowest BCUT2D eigenvalue weighted by Gasteiger charge is -2.33. The Morgan fingerprint density at radius 3 is 2.94 bits per heavy atom. The van der Waals surface area contributed by atoms with Crippen LogP contribution < -0.4 is 4.74 Å². The average Bonchev–Trinajstić information content (AvgIpc) is 2.46. The van der Waals surface area contributed by atoms with Crippen LogP contribution in [0.3, 0.4) is 0 Å². The average molecular weight is 266 g/mol. The Balaban J connectivity index is 2.34. The van der Waals surface area contributed by atoms with Crippen molar-refractivity contribution in [1.82, 2.24) is 4.90 Å². The molecule has 0 aromatic heterocycles. The van der Waals surface area contributed by atoms with E-state index in [0.29, 0.717) is 6.54 Å². The van der Waals surface area contributed by atoms with Crippen LogP contribution in [0.1, 0.15) is 18.0 Å². The van der Waals surface area contributed by atoms with Crippen molar-refractivity contribution in [3.8, 4) is 5.75 Å². The monoisotopic (exact) mass is 265 g/mol. The van der Waals surface area contributed by atoms with E-state index in [0.717, 1.165) is 17.7 Å². The molecule has 2 rings (SSSR count). The number of rotatable bonds is 3. The third-order valence-corrected chi connectivity index (χ3v) is 3.37. The number of hydrogen-bond acceptors (Lipinski definition) is 2. The highest BCUT2D eigenvalue weighted by atomic mass is 35.5. The SMILES string of the molecule is COc1ccccc1C1CC=CCN1C(=O)CCl. The number of ether oxygens (including phenoxy) is 1. The van der Waals surface area contributed by atoms with Gasteiger partial charge in [-0.15, -0.1) is 11.6 Å². The van der Waals surface area contributed by atoms with Gasteiger partial charge >= 0.3 is 0 Å². The third-order valence-electron chi connectivity index (χ3n) is 3.14. The molecule has 1 unspecified atom stereocenters. The normalized spacial score (nSPS) is 18.8. The van der Waals surface area contributed by atoms with E-state index in [4.69, 9.17) is 16.3 Å². The summed E-state index contributed by atoms with van der Waals surface area (Å²) in [7, 11) is 1.64. The fourth-order valence-electron chi connectivity index (χ4n) is 2.26. The molecule has 1 aromatic rings. The second-order valence-electron chi connectivity index (χ2n) is 4.14. The largest absolute Gasteiger partial charge is 0.496 e.